The van der Waals surface area contributed by atoms with Gasteiger partial charge in [-0.15, -0.1) is 11.3 Å². The van der Waals surface area contributed by atoms with E-state index in [1.54, 1.807) is 0 Å². The third-order valence-corrected chi connectivity index (χ3v) is 3.73. The zero-order valence-corrected chi connectivity index (χ0v) is 9.52. The molecule has 1 aromatic rings. The molecule has 1 aromatic heterocycles. The van der Waals surface area contributed by atoms with Crippen molar-refractivity contribution < 1.29 is 0 Å². The van der Waals surface area contributed by atoms with E-state index in [0.717, 1.165) is 12.8 Å². The van der Waals surface area contributed by atoms with Gasteiger partial charge in [-0.25, -0.2) is 4.98 Å². The average Bonchev–Trinajstić information content (AvgIpc) is 2.59. The quantitative estimate of drug-likeness (QED) is 0.590. The maximum Gasteiger partial charge on any atom is 0.185 e. The van der Waals surface area contributed by atoms with Crippen LogP contribution >= 0.6 is 11.3 Å². The van der Waals surface area contributed by atoms with E-state index in [1.165, 1.54) is 34.8 Å². The summed E-state index contributed by atoms with van der Waals surface area (Å²) in [6.07, 6.45) is 5.80. The van der Waals surface area contributed by atoms with Gasteiger partial charge in [0.1, 0.15) is 0 Å². The molecular formula is C10H16N4S. The zero-order chi connectivity index (χ0) is 10.7. The Balaban J connectivity index is 1.97. The maximum atomic E-state index is 5.26. The van der Waals surface area contributed by atoms with Crippen LogP contribution in [0.5, 0.6) is 0 Å². The lowest BCUT2D eigenvalue weighted by Crippen LogP contribution is -2.23. The number of fused-ring (bicyclic) bond motifs is 1. The molecule has 15 heavy (non-hydrogen) atoms. The van der Waals surface area contributed by atoms with E-state index in [9.17, 15) is 0 Å². The van der Waals surface area contributed by atoms with Crippen LogP contribution in [0.1, 0.15) is 28.4 Å². The largest absolute Gasteiger partial charge is 0.370 e. The molecule has 2 rings (SSSR count). The van der Waals surface area contributed by atoms with Crippen molar-refractivity contribution in [1.82, 2.24) is 4.98 Å². The predicted octanol–water partition coefficient (Wildman–Crippen LogP) is 0.838. The van der Waals surface area contributed by atoms with E-state index < -0.39 is 0 Å². The van der Waals surface area contributed by atoms with Crippen molar-refractivity contribution in [3.8, 4) is 0 Å². The highest BCUT2D eigenvalue weighted by Crippen LogP contribution is 2.26. The van der Waals surface area contributed by atoms with Gasteiger partial charge in [0, 0.05) is 17.8 Å². The number of hydrogen-bond acceptors (Lipinski definition) is 3. The van der Waals surface area contributed by atoms with Gasteiger partial charge in [-0.05, 0) is 25.7 Å². The molecular weight excluding hydrogens is 208 g/mol. The number of thiazole rings is 1. The third-order valence-electron chi connectivity index (χ3n) is 2.51. The second kappa shape index (κ2) is 4.61. The topological polar surface area (TPSA) is 77.3 Å². The van der Waals surface area contributed by atoms with E-state index in [0.29, 0.717) is 6.54 Å². The fraction of sp³-hybridized carbons (Fsp3) is 0.600. The van der Waals surface area contributed by atoms with Gasteiger partial charge < -0.3 is 11.5 Å². The van der Waals surface area contributed by atoms with Crippen LogP contribution < -0.4 is 11.5 Å². The molecule has 82 valence electrons. The number of hydrogen-bond donors (Lipinski definition) is 2. The van der Waals surface area contributed by atoms with Gasteiger partial charge in [0.2, 0.25) is 0 Å². The van der Waals surface area contributed by atoms with Crippen molar-refractivity contribution in [2.75, 3.05) is 6.54 Å². The van der Waals surface area contributed by atoms with E-state index in [-0.39, 0.29) is 5.96 Å². The Morgan fingerprint density at radius 2 is 2.13 bits per heavy atom. The summed E-state index contributed by atoms with van der Waals surface area (Å²) in [7, 11) is 0. The zero-order valence-electron chi connectivity index (χ0n) is 8.70. The van der Waals surface area contributed by atoms with E-state index in [1.807, 2.05) is 11.3 Å². The predicted molar refractivity (Wildman–Crippen MR) is 63.1 cm³/mol. The van der Waals surface area contributed by atoms with Gasteiger partial charge in [-0.1, -0.05) is 0 Å². The summed E-state index contributed by atoms with van der Waals surface area (Å²) in [4.78, 5) is 10.1. The third kappa shape index (κ3) is 2.68. The first-order valence-corrected chi connectivity index (χ1v) is 6.10. The standard InChI is InChI=1S/C10H16N4S/c11-10(12)13-6-5-9-14-7-3-1-2-4-8(7)15-9/h1-6H2,(H4,11,12,13). The molecule has 0 spiro atoms. The number of aromatic nitrogens is 1. The fourth-order valence-electron chi connectivity index (χ4n) is 1.79. The molecule has 1 heterocycles. The Hall–Kier alpha value is -1.10. The first-order valence-electron chi connectivity index (χ1n) is 5.28. The summed E-state index contributed by atoms with van der Waals surface area (Å²) in [5, 5.41) is 1.17. The lowest BCUT2D eigenvalue weighted by atomic mass is 10.0. The van der Waals surface area contributed by atoms with Crippen LogP contribution in [0.25, 0.3) is 0 Å². The summed E-state index contributed by atoms with van der Waals surface area (Å²) >= 11 is 1.82. The molecule has 0 radical (unpaired) electrons. The fourth-order valence-corrected chi connectivity index (χ4v) is 2.94. The minimum absolute atomic E-state index is 0.163. The lowest BCUT2D eigenvalue weighted by molar-refractivity contribution is 0.680. The summed E-state index contributed by atoms with van der Waals surface area (Å²) in [5.41, 5.74) is 11.8. The van der Waals surface area contributed by atoms with Crippen LogP contribution in [-0.2, 0) is 19.3 Å². The van der Waals surface area contributed by atoms with Crippen molar-refractivity contribution in [1.29, 1.82) is 0 Å². The Kier molecular flexibility index (Phi) is 3.20. The number of rotatable bonds is 3. The maximum absolute atomic E-state index is 5.26. The van der Waals surface area contributed by atoms with Crippen molar-refractivity contribution in [3.05, 3.63) is 15.6 Å². The molecule has 0 saturated carbocycles. The minimum Gasteiger partial charge on any atom is -0.370 e. The number of aliphatic imine (C=N–C) groups is 1. The van der Waals surface area contributed by atoms with Crippen LogP contribution in [0.4, 0.5) is 0 Å². The molecule has 0 aromatic carbocycles. The minimum atomic E-state index is 0.163. The van der Waals surface area contributed by atoms with E-state index in [2.05, 4.69) is 9.98 Å². The van der Waals surface area contributed by atoms with Crippen LogP contribution in [0.2, 0.25) is 0 Å². The molecule has 0 aliphatic heterocycles. The van der Waals surface area contributed by atoms with Crippen molar-refractivity contribution in [2.24, 2.45) is 16.5 Å². The Morgan fingerprint density at radius 1 is 1.33 bits per heavy atom. The molecule has 5 heteroatoms. The van der Waals surface area contributed by atoms with Crippen molar-refractivity contribution in [2.45, 2.75) is 32.1 Å². The Bertz CT molecular complexity index is 342. The molecule has 0 bridgehead atoms. The van der Waals surface area contributed by atoms with Crippen LogP contribution in [0.3, 0.4) is 0 Å². The molecule has 0 unspecified atom stereocenters. The first kappa shape index (κ1) is 10.4. The molecule has 0 atom stereocenters. The first-order chi connectivity index (χ1) is 7.25. The van der Waals surface area contributed by atoms with Gasteiger partial charge in [0.25, 0.3) is 0 Å². The average molecular weight is 224 g/mol. The number of nitrogens with two attached hydrogens (primary N) is 2. The summed E-state index contributed by atoms with van der Waals surface area (Å²) < 4.78 is 0. The SMILES string of the molecule is NC(N)=NCCc1nc2c(s1)CCCC2. The number of guanidine groups is 1. The van der Waals surface area contributed by atoms with Gasteiger partial charge >= 0.3 is 0 Å². The molecule has 0 amide bonds. The number of aryl methyl sites for hydroxylation is 2. The Labute approximate surface area is 93.4 Å². The highest BCUT2D eigenvalue weighted by atomic mass is 32.1. The second-order valence-corrected chi connectivity index (χ2v) is 4.91. The molecule has 1 aliphatic carbocycles. The molecule has 0 saturated heterocycles. The Morgan fingerprint density at radius 3 is 2.87 bits per heavy atom. The molecule has 1 aliphatic rings. The normalized spacial score (nSPS) is 14.7. The summed E-state index contributed by atoms with van der Waals surface area (Å²) in [6, 6.07) is 0. The van der Waals surface area contributed by atoms with Crippen LogP contribution in [0.15, 0.2) is 4.99 Å². The van der Waals surface area contributed by atoms with Crippen molar-refractivity contribution >= 4 is 17.3 Å². The lowest BCUT2D eigenvalue weighted by Gasteiger charge is -2.06. The van der Waals surface area contributed by atoms with Crippen LogP contribution in [-0.4, -0.2) is 17.5 Å². The monoisotopic (exact) mass is 224 g/mol. The molecule has 4 nitrogen and oxygen atoms in total. The summed E-state index contributed by atoms with van der Waals surface area (Å²) in [6.45, 7) is 0.648. The number of nitrogens with zero attached hydrogens (tertiary/aromatic N) is 2. The highest BCUT2D eigenvalue weighted by molar-refractivity contribution is 7.11. The molecule has 0 fully saturated rings. The van der Waals surface area contributed by atoms with Gasteiger partial charge in [0.05, 0.1) is 10.7 Å². The molecule has 4 N–H and O–H groups in total. The van der Waals surface area contributed by atoms with Gasteiger partial charge in [0.15, 0.2) is 5.96 Å². The van der Waals surface area contributed by atoms with E-state index >= 15 is 0 Å². The van der Waals surface area contributed by atoms with E-state index in [4.69, 9.17) is 11.5 Å². The van der Waals surface area contributed by atoms with Gasteiger partial charge in [-0.3, -0.25) is 4.99 Å². The van der Waals surface area contributed by atoms with Crippen molar-refractivity contribution in [3.63, 3.8) is 0 Å². The summed E-state index contributed by atoms with van der Waals surface area (Å²) in [5.74, 6) is 0.163. The van der Waals surface area contributed by atoms with Crippen LogP contribution in [0, 0.1) is 0 Å². The smallest absolute Gasteiger partial charge is 0.185 e. The highest BCUT2D eigenvalue weighted by Gasteiger charge is 2.14. The second-order valence-electron chi connectivity index (χ2n) is 3.74. The van der Waals surface area contributed by atoms with Gasteiger partial charge in [-0.2, -0.15) is 0 Å².